The molecule has 0 aliphatic carbocycles. The van der Waals surface area contributed by atoms with Crippen LogP contribution < -0.4 is 10.1 Å². The molecule has 20 heavy (non-hydrogen) atoms. The second kappa shape index (κ2) is 6.59. The maximum absolute atomic E-state index is 5.87. The summed E-state index contributed by atoms with van der Waals surface area (Å²) in [6.07, 6.45) is 6.05. The number of fused-ring (bicyclic) bond motifs is 1. The van der Waals surface area contributed by atoms with E-state index in [0.29, 0.717) is 12.1 Å². The standard InChI is InChI=1S/C17H25NO2/c1-2-9-18-16(12-14-6-4-10-19-14)15-7-3-5-13-8-11-20-17(13)15/h3,5,7,14,16,18H,2,4,6,8-12H2,1H3. The maximum atomic E-state index is 5.87. The summed E-state index contributed by atoms with van der Waals surface area (Å²) in [5, 5.41) is 3.68. The molecule has 1 aromatic carbocycles. The minimum absolute atomic E-state index is 0.353. The van der Waals surface area contributed by atoms with Gasteiger partial charge in [-0.15, -0.1) is 0 Å². The van der Waals surface area contributed by atoms with E-state index in [0.717, 1.165) is 44.8 Å². The second-order valence-electron chi connectivity index (χ2n) is 5.81. The maximum Gasteiger partial charge on any atom is 0.127 e. The molecule has 1 saturated heterocycles. The Morgan fingerprint density at radius 1 is 1.35 bits per heavy atom. The zero-order valence-corrected chi connectivity index (χ0v) is 12.4. The van der Waals surface area contributed by atoms with E-state index >= 15 is 0 Å². The third-order valence-corrected chi connectivity index (χ3v) is 4.28. The molecule has 3 nitrogen and oxygen atoms in total. The molecule has 3 heteroatoms. The van der Waals surface area contributed by atoms with Crippen molar-refractivity contribution >= 4 is 0 Å². The normalized spacial score (nSPS) is 22.6. The van der Waals surface area contributed by atoms with Gasteiger partial charge in [0.25, 0.3) is 0 Å². The number of rotatable bonds is 6. The lowest BCUT2D eigenvalue weighted by Gasteiger charge is -2.23. The molecule has 0 bridgehead atoms. The summed E-state index contributed by atoms with van der Waals surface area (Å²) in [7, 11) is 0. The van der Waals surface area contributed by atoms with Crippen LogP contribution in [0.15, 0.2) is 18.2 Å². The molecular formula is C17H25NO2. The van der Waals surface area contributed by atoms with Gasteiger partial charge in [-0.2, -0.15) is 0 Å². The second-order valence-corrected chi connectivity index (χ2v) is 5.81. The lowest BCUT2D eigenvalue weighted by Crippen LogP contribution is -2.26. The predicted octanol–water partition coefficient (Wildman–Crippen LogP) is 3.23. The van der Waals surface area contributed by atoms with Crippen molar-refractivity contribution in [3.8, 4) is 5.75 Å². The first kappa shape index (κ1) is 13.9. The highest BCUT2D eigenvalue weighted by molar-refractivity contribution is 5.45. The average Bonchev–Trinajstić information content (AvgIpc) is 3.13. The Morgan fingerprint density at radius 3 is 3.10 bits per heavy atom. The van der Waals surface area contributed by atoms with Gasteiger partial charge in [0.1, 0.15) is 5.75 Å². The third kappa shape index (κ3) is 2.99. The van der Waals surface area contributed by atoms with Crippen LogP contribution in [0.5, 0.6) is 5.75 Å². The van der Waals surface area contributed by atoms with Crippen molar-refractivity contribution in [1.82, 2.24) is 5.32 Å². The average molecular weight is 275 g/mol. The van der Waals surface area contributed by atoms with Gasteiger partial charge >= 0.3 is 0 Å². The minimum atomic E-state index is 0.353. The van der Waals surface area contributed by atoms with E-state index in [1.165, 1.54) is 24.0 Å². The Hall–Kier alpha value is -1.06. The van der Waals surface area contributed by atoms with Crippen LogP contribution in [-0.4, -0.2) is 25.9 Å². The number of ether oxygens (including phenoxy) is 2. The summed E-state index contributed by atoms with van der Waals surface area (Å²) >= 11 is 0. The van der Waals surface area contributed by atoms with E-state index in [9.17, 15) is 0 Å². The summed E-state index contributed by atoms with van der Waals surface area (Å²) in [5.74, 6) is 1.12. The summed E-state index contributed by atoms with van der Waals surface area (Å²) in [5.41, 5.74) is 2.68. The molecule has 1 fully saturated rings. The quantitative estimate of drug-likeness (QED) is 0.864. The Balaban J connectivity index is 1.78. The van der Waals surface area contributed by atoms with Crippen molar-refractivity contribution in [3.05, 3.63) is 29.3 Å². The molecular weight excluding hydrogens is 250 g/mol. The topological polar surface area (TPSA) is 30.5 Å². The molecule has 2 atom stereocenters. The number of hydrogen-bond acceptors (Lipinski definition) is 3. The highest BCUT2D eigenvalue weighted by Gasteiger charge is 2.26. The first-order valence-corrected chi connectivity index (χ1v) is 7.98. The van der Waals surface area contributed by atoms with E-state index < -0.39 is 0 Å². The molecule has 110 valence electrons. The van der Waals surface area contributed by atoms with Crippen LogP contribution in [0, 0.1) is 0 Å². The van der Waals surface area contributed by atoms with Gasteiger partial charge in [0.15, 0.2) is 0 Å². The molecule has 3 rings (SSSR count). The van der Waals surface area contributed by atoms with E-state index in [1.54, 1.807) is 0 Å². The van der Waals surface area contributed by atoms with E-state index in [2.05, 4.69) is 30.4 Å². The van der Waals surface area contributed by atoms with Crippen LogP contribution in [0.4, 0.5) is 0 Å². The third-order valence-electron chi connectivity index (χ3n) is 4.28. The molecule has 0 spiro atoms. The summed E-state index contributed by atoms with van der Waals surface area (Å²) in [4.78, 5) is 0. The molecule has 2 unspecified atom stereocenters. The van der Waals surface area contributed by atoms with Crippen LogP contribution in [0.1, 0.15) is 49.8 Å². The summed E-state index contributed by atoms with van der Waals surface area (Å²) < 4.78 is 11.7. The Labute approximate surface area is 121 Å². The van der Waals surface area contributed by atoms with Gasteiger partial charge in [-0.25, -0.2) is 0 Å². The van der Waals surface area contributed by atoms with Gasteiger partial charge in [-0.1, -0.05) is 25.1 Å². The molecule has 0 radical (unpaired) electrons. The molecule has 0 amide bonds. The zero-order valence-electron chi connectivity index (χ0n) is 12.4. The smallest absolute Gasteiger partial charge is 0.127 e. The fourth-order valence-electron chi connectivity index (χ4n) is 3.25. The fraction of sp³-hybridized carbons (Fsp3) is 0.647. The molecule has 1 aromatic rings. The highest BCUT2D eigenvalue weighted by atomic mass is 16.5. The van der Waals surface area contributed by atoms with Gasteiger partial charge in [0.2, 0.25) is 0 Å². The Morgan fingerprint density at radius 2 is 2.30 bits per heavy atom. The first-order chi connectivity index (χ1) is 9.88. The van der Waals surface area contributed by atoms with Crippen LogP contribution in [0.3, 0.4) is 0 Å². The van der Waals surface area contributed by atoms with E-state index in [1.807, 2.05) is 0 Å². The molecule has 0 aromatic heterocycles. The Bertz CT molecular complexity index is 441. The number of para-hydroxylation sites is 1. The van der Waals surface area contributed by atoms with Crippen molar-refractivity contribution < 1.29 is 9.47 Å². The summed E-state index contributed by atoms with van der Waals surface area (Å²) in [6, 6.07) is 6.92. The van der Waals surface area contributed by atoms with Gasteiger partial charge in [-0.3, -0.25) is 0 Å². The monoisotopic (exact) mass is 275 g/mol. The first-order valence-electron chi connectivity index (χ1n) is 7.98. The van der Waals surface area contributed by atoms with E-state index in [-0.39, 0.29) is 0 Å². The van der Waals surface area contributed by atoms with Crippen LogP contribution in [0.2, 0.25) is 0 Å². The van der Waals surface area contributed by atoms with Gasteiger partial charge < -0.3 is 14.8 Å². The van der Waals surface area contributed by atoms with Crippen molar-refractivity contribution in [1.29, 1.82) is 0 Å². The van der Waals surface area contributed by atoms with Crippen molar-refractivity contribution in [2.24, 2.45) is 0 Å². The van der Waals surface area contributed by atoms with Crippen LogP contribution >= 0.6 is 0 Å². The highest BCUT2D eigenvalue weighted by Crippen LogP contribution is 2.36. The van der Waals surface area contributed by atoms with Crippen LogP contribution in [-0.2, 0) is 11.2 Å². The molecule has 2 heterocycles. The molecule has 1 N–H and O–H groups in total. The number of benzene rings is 1. The molecule has 0 saturated carbocycles. The van der Waals surface area contributed by atoms with Gasteiger partial charge in [0, 0.05) is 24.6 Å². The van der Waals surface area contributed by atoms with Crippen molar-refractivity contribution in [3.63, 3.8) is 0 Å². The van der Waals surface area contributed by atoms with Gasteiger partial charge in [0.05, 0.1) is 12.7 Å². The SMILES string of the molecule is CCCNC(CC1CCCO1)c1cccc2c1OCC2. The Kier molecular flexibility index (Phi) is 4.58. The zero-order chi connectivity index (χ0) is 13.8. The lowest BCUT2D eigenvalue weighted by molar-refractivity contribution is 0.0943. The van der Waals surface area contributed by atoms with Crippen molar-refractivity contribution in [2.45, 2.75) is 51.2 Å². The number of nitrogens with one attached hydrogen (secondary N) is 1. The molecule has 2 aliphatic rings. The largest absolute Gasteiger partial charge is 0.493 e. The number of hydrogen-bond donors (Lipinski definition) is 1. The summed E-state index contributed by atoms with van der Waals surface area (Å²) in [6.45, 7) is 5.00. The van der Waals surface area contributed by atoms with Crippen LogP contribution in [0.25, 0.3) is 0 Å². The minimum Gasteiger partial charge on any atom is -0.493 e. The predicted molar refractivity (Wildman–Crippen MR) is 80.3 cm³/mol. The molecule has 2 aliphatic heterocycles. The van der Waals surface area contributed by atoms with Crippen molar-refractivity contribution in [2.75, 3.05) is 19.8 Å². The van der Waals surface area contributed by atoms with Gasteiger partial charge in [-0.05, 0) is 37.8 Å². The fourth-order valence-corrected chi connectivity index (χ4v) is 3.25. The van der Waals surface area contributed by atoms with E-state index in [4.69, 9.17) is 9.47 Å². The lowest BCUT2D eigenvalue weighted by atomic mass is 9.96.